The van der Waals surface area contributed by atoms with E-state index in [1.165, 1.54) is 12.1 Å². The summed E-state index contributed by atoms with van der Waals surface area (Å²) in [5.41, 5.74) is 1.38. The number of hydrogen-bond donors (Lipinski definition) is 1. The molecule has 0 aliphatic carbocycles. The number of aliphatic carboxylic acids is 1. The molecule has 0 spiro atoms. The Bertz CT molecular complexity index is 944. The van der Waals surface area contributed by atoms with Crippen molar-refractivity contribution < 1.29 is 31.9 Å². The van der Waals surface area contributed by atoms with Crippen LogP contribution in [-0.2, 0) is 11.0 Å². The minimum atomic E-state index is -4.46. The van der Waals surface area contributed by atoms with Crippen molar-refractivity contribution in [1.29, 1.82) is 0 Å². The van der Waals surface area contributed by atoms with Gasteiger partial charge in [0.1, 0.15) is 0 Å². The molecular formula is C24H26F5NO2. The first-order valence-electron chi connectivity index (χ1n) is 10.5. The van der Waals surface area contributed by atoms with E-state index in [2.05, 4.69) is 0 Å². The Kier molecular flexibility index (Phi) is 6.81. The van der Waals surface area contributed by atoms with Crippen LogP contribution in [0.5, 0.6) is 0 Å². The number of nitrogens with zero attached hydrogens (tertiary/aromatic N) is 1. The van der Waals surface area contributed by atoms with Gasteiger partial charge in [-0.2, -0.15) is 13.2 Å². The summed E-state index contributed by atoms with van der Waals surface area (Å²) in [6.45, 7) is 4.04. The van der Waals surface area contributed by atoms with Gasteiger partial charge >= 0.3 is 12.1 Å². The molecule has 32 heavy (non-hydrogen) atoms. The summed E-state index contributed by atoms with van der Waals surface area (Å²) < 4.78 is 66.1. The maximum atomic E-state index is 13.6. The molecule has 3 nitrogen and oxygen atoms in total. The summed E-state index contributed by atoms with van der Waals surface area (Å²) in [7, 11) is 0. The molecule has 2 aromatic rings. The molecule has 1 atom stereocenters. The fraction of sp³-hybridized carbons (Fsp3) is 0.458. The maximum Gasteiger partial charge on any atom is 0.416 e. The lowest BCUT2D eigenvalue weighted by Crippen LogP contribution is -2.39. The topological polar surface area (TPSA) is 40.5 Å². The Morgan fingerprint density at radius 1 is 1.03 bits per heavy atom. The normalized spacial score (nSPS) is 17.4. The van der Waals surface area contributed by atoms with Gasteiger partial charge < -0.3 is 10.0 Å². The molecule has 1 N–H and O–H groups in total. The highest BCUT2D eigenvalue weighted by molar-refractivity contribution is 5.79. The number of alkyl halides is 5. The smallest absolute Gasteiger partial charge is 0.416 e. The monoisotopic (exact) mass is 455 g/mol. The minimum absolute atomic E-state index is 0.1000. The lowest BCUT2D eigenvalue weighted by atomic mass is 9.88. The van der Waals surface area contributed by atoms with Crippen LogP contribution in [0.15, 0.2) is 42.5 Å². The highest BCUT2D eigenvalue weighted by Gasteiger charge is 2.34. The second-order valence-electron chi connectivity index (χ2n) is 8.75. The molecule has 3 rings (SSSR count). The summed E-state index contributed by atoms with van der Waals surface area (Å²) in [6, 6.07) is 9.74. The van der Waals surface area contributed by atoms with Crippen LogP contribution in [0.2, 0.25) is 0 Å². The Morgan fingerprint density at radius 2 is 1.62 bits per heavy atom. The van der Waals surface area contributed by atoms with Crippen LogP contribution in [0.25, 0.3) is 11.1 Å². The van der Waals surface area contributed by atoms with E-state index in [-0.39, 0.29) is 31.8 Å². The van der Waals surface area contributed by atoms with Gasteiger partial charge in [0.15, 0.2) is 0 Å². The molecule has 1 fully saturated rings. The zero-order valence-corrected chi connectivity index (χ0v) is 17.9. The van der Waals surface area contributed by atoms with E-state index >= 15 is 0 Å². The standard InChI is InChI=1S/C24H26F5NO2/c1-15(2)11-21(22(31)32)18-12-17(16-3-5-19(6-4-16)24(27,28)29)13-20(14-18)30-9-7-23(25,26)8-10-30/h3-6,12-15,21H,7-11H2,1-2H3,(H,31,32). The average molecular weight is 455 g/mol. The van der Waals surface area contributed by atoms with Crippen molar-refractivity contribution in [1.82, 2.24) is 0 Å². The Balaban J connectivity index is 2.05. The van der Waals surface area contributed by atoms with Crippen LogP contribution in [0.3, 0.4) is 0 Å². The third kappa shape index (κ3) is 5.78. The van der Waals surface area contributed by atoms with E-state index in [0.29, 0.717) is 28.8 Å². The summed E-state index contributed by atoms with van der Waals surface area (Å²) >= 11 is 0. The molecule has 1 aliphatic rings. The zero-order chi connectivity index (χ0) is 23.7. The van der Waals surface area contributed by atoms with E-state index in [0.717, 1.165) is 12.1 Å². The SMILES string of the molecule is CC(C)CC(C(=O)O)c1cc(-c2ccc(C(F)(F)F)cc2)cc(N2CCC(F)(F)CC2)c1. The number of anilines is 1. The van der Waals surface area contributed by atoms with Gasteiger partial charge in [-0.3, -0.25) is 4.79 Å². The van der Waals surface area contributed by atoms with Gasteiger partial charge in [-0.15, -0.1) is 0 Å². The van der Waals surface area contributed by atoms with Gasteiger partial charge in [0, 0.05) is 31.6 Å². The molecule has 0 saturated carbocycles. The fourth-order valence-corrected chi connectivity index (χ4v) is 3.98. The van der Waals surface area contributed by atoms with E-state index in [4.69, 9.17) is 0 Å². The highest BCUT2D eigenvalue weighted by Crippen LogP contribution is 2.37. The van der Waals surface area contributed by atoms with Crippen molar-refractivity contribution in [3.8, 4) is 11.1 Å². The Morgan fingerprint density at radius 3 is 2.12 bits per heavy atom. The van der Waals surface area contributed by atoms with E-state index in [1.807, 2.05) is 13.8 Å². The molecule has 0 radical (unpaired) electrons. The first kappa shape index (κ1) is 24.0. The number of carboxylic acid groups (broad SMARTS) is 1. The molecule has 1 saturated heterocycles. The zero-order valence-electron chi connectivity index (χ0n) is 17.9. The molecular weight excluding hydrogens is 429 g/mol. The molecule has 0 amide bonds. The van der Waals surface area contributed by atoms with Crippen LogP contribution in [0.1, 0.15) is 50.2 Å². The van der Waals surface area contributed by atoms with Crippen LogP contribution < -0.4 is 4.90 Å². The second kappa shape index (κ2) is 9.08. The second-order valence-corrected chi connectivity index (χ2v) is 8.75. The minimum Gasteiger partial charge on any atom is -0.481 e. The molecule has 1 aliphatic heterocycles. The fourth-order valence-electron chi connectivity index (χ4n) is 3.98. The molecule has 2 aromatic carbocycles. The number of carbonyl (C=O) groups is 1. The van der Waals surface area contributed by atoms with Crippen molar-refractivity contribution in [2.75, 3.05) is 18.0 Å². The first-order chi connectivity index (χ1) is 14.9. The lowest BCUT2D eigenvalue weighted by molar-refractivity contribution is -0.139. The molecule has 1 unspecified atom stereocenters. The van der Waals surface area contributed by atoms with Gasteiger partial charge in [-0.1, -0.05) is 32.0 Å². The first-order valence-corrected chi connectivity index (χ1v) is 10.5. The van der Waals surface area contributed by atoms with Gasteiger partial charge in [0.25, 0.3) is 5.92 Å². The van der Waals surface area contributed by atoms with Crippen molar-refractivity contribution in [2.24, 2.45) is 5.92 Å². The Labute approximate surface area is 183 Å². The number of halogens is 5. The molecule has 0 aromatic heterocycles. The van der Waals surface area contributed by atoms with Gasteiger partial charge in [0.2, 0.25) is 0 Å². The number of carboxylic acids is 1. The van der Waals surface area contributed by atoms with Crippen LogP contribution >= 0.6 is 0 Å². The third-order valence-corrected chi connectivity index (χ3v) is 5.75. The third-order valence-electron chi connectivity index (χ3n) is 5.75. The molecule has 1 heterocycles. The maximum absolute atomic E-state index is 13.6. The number of hydrogen-bond acceptors (Lipinski definition) is 2. The highest BCUT2D eigenvalue weighted by atomic mass is 19.4. The summed E-state index contributed by atoms with van der Waals surface area (Å²) in [5.74, 6) is -4.44. The molecule has 8 heteroatoms. The number of piperidine rings is 1. The van der Waals surface area contributed by atoms with E-state index < -0.39 is 29.5 Å². The largest absolute Gasteiger partial charge is 0.481 e. The van der Waals surface area contributed by atoms with Gasteiger partial charge in [0.05, 0.1) is 11.5 Å². The number of benzene rings is 2. The van der Waals surface area contributed by atoms with Gasteiger partial charge in [-0.25, -0.2) is 8.78 Å². The average Bonchev–Trinajstić information content (AvgIpc) is 2.71. The van der Waals surface area contributed by atoms with Crippen molar-refractivity contribution >= 4 is 11.7 Å². The summed E-state index contributed by atoms with van der Waals surface area (Å²) in [4.78, 5) is 13.8. The van der Waals surface area contributed by atoms with E-state index in [9.17, 15) is 31.9 Å². The molecule has 174 valence electrons. The predicted octanol–water partition coefficient (Wildman–Crippen LogP) is 6.82. The Hall–Kier alpha value is -2.64. The van der Waals surface area contributed by atoms with E-state index in [1.54, 1.807) is 23.1 Å². The van der Waals surface area contributed by atoms with Crippen LogP contribution in [0, 0.1) is 5.92 Å². The van der Waals surface area contributed by atoms with Crippen LogP contribution in [-0.4, -0.2) is 30.1 Å². The summed E-state index contributed by atoms with van der Waals surface area (Å²) in [5, 5.41) is 9.80. The van der Waals surface area contributed by atoms with Crippen molar-refractivity contribution in [3.63, 3.8) is 0 Å². The molecule has 0 bridgehead atoms. The lowest BCUT2D eigenvalue weighted by Gasteiger charge is -2.34. The van der Waals surface area contributed by atoms with Crippen molar-refractivity contribution in [3.05, 3.63) is 53.6 Å². The quantitative estimate of drug-likeness (QED) is 0.486. The predicted molar refractivity (Wildman–Crippen MR) is 113 cm³/mol. The number of rotatable bonds is 6. The van der Waals surface area contributed by atoms with Gasteiger partial charge in [-0.05, 0) is 53.3 Å². The summed E-state index contributed by atoms with van der Waals surface area (Å²) in [6.07, 6.45) is -4.69. The van der Waals surface area contributed by atoms with Crippen LogP contribution in [0.4, 0.5) is 27.6 Å². The van der Waals surface area contributed by atoms with Crippen molar-refractivity contribution in [2.45, 2.75) is 51.1 Å².